The molecule has 0 spiro atoms. The minimum Gasteiger partial charge on any atom is -0.385 e. The highest BCUT2D eigenvalue weighted by Crippen LogP contribution is 2.40. The first kappa shape index (κ1) is 20.7. The number of ether oxygens (including phenoxy) is 1. The van der Waals surface area contributed by atoms with Crippen LogP contribution in [0.2, 0.25) is 0 Å². The van der Waals surface area contributed by atoms with Crippen molar-refractivity contribution in [2.75, 3.05) is 33.9 Å². The summed E-state index contributed by atoms with van der Waals surface area (Å²) in [5.41, 5.74) is 2.67. The SMILES string of the molecule is CN=C(NCC(C)Cn1nc(C)cc1C)NCC1(CCOC)CCCC1. The third-order valence-corrected chi connectivity index (χ3v) is 5.56. The van der Waals surface area contributed by atoms with Crippen LogP contribution in [0, 0.1) is 25.2 Å². The van der Waals surface area contributed by atoms with Gasteiger partial charge in [-0.2, -0.15) is 5.10 Å². The number of nitrogens with one attached hydrogen (secondary N) is 2. The fraction of sp³-hybridized carbons (Fsp3) is 0.800. The van der Waals surface area contributed by atoms with E-state index in [1.165, 1.54) is 31.4 Å². The molecule has 1 aliphatic rings. The summed E-state index contributed by atoms with van der Waals surface area (Å²) in [7, 11) is 3.64. The highest BCUT2D eigenvalue weighted by molar-refractivity contribution is 5.79. The van der Waals surface area contributed by atoms with Crippen LogP contribution in [0.25, 0.3) is 0 Å². The summed E-state index contributed by atoms with van der Waals surface area (Å²) in [5.74, 6) is 1.37. The van der Waals surface area contributed by atoms with Crippen LogP contribution in [0.3, 0.4) is 0 Å². The molecular weight excluding hydrogens is 326 g/mol. The molecule has 1 aliphatic carbocycles. The summed E-state index contributed by atoms with van der Waals surface area (Å²) in [5, 5.41) is 11.6. The van der Waals surface area contributed by atoms with E-state index in [0.717, 1.165) is 44.3 Å². The first-order valence-corrected chi connectivity index (χ1v) is 9.92. The Hall–Kier alpha value is -1.56. The van der Waals surface area contributed by atoms with Gasteiger partial charge in [0.2, 0.25) is 0 Å². The molecule has 0 radical (unpaired) electrons. The van der Waals surface area contributed by atoms with Gasteiger partial charge in [0.05, 0.1) is 5.69 Å². The number of aromatic nitrogens is 2. The van der Waals surface area contributed by atoms with Crippen molar-refractivity contribution in [3.8, 4) is 0 Å². The van der Waals surface area contributed by atoms with Gasteiger partial charge in [0.1, 0.15) is 0 Å². The molecule has 0 aliphatic heterocycles. The lowest BCUT2D eigenvalue weighted by Crippen LogP contribution is -2.44. The number of aliphatic imine (C=N–C) groups is 1. The van der Waals surface area contributed by atoms with Crippen LogP contribution in [0.5, 0.6) is 0 Å². The predicted molar refractivity (Wildman–Crippen MR) is 108 cm³/mol. The number of nitrogens with zero attached hydrogens (tertiary/aromatic N) is 3. The molecule has 148 valence electrons. The molecule has 1 aromatic rings. The van der Waals surface area contributed by atoms with Crippen molar-refractivity contribution in [2.24, 2.45) is 16.3 Å². The molecule has 1 aromatic heterocycles. The number of methoxy groups -OCH3 is 1. The normalized spacial score (nSPS) is 18.1. The van der Waals surface area contributed by atoms with Crippen molar-refractivity contribution < 1.29 is 4.74 Å². The molecule has 1 fully saturated rings. The summed E-state index contributed by atoms with van der Waals surface area (Å²) in [6.45, 7) is 10.0. The zero-order chi connectivity index (χ0) is 19.0. The molecule has 1 unspecified atom stereocenters. The van der Waals surface area contributed by atoms with E-state index in [-0.39, 0.29) is 0 Å². The molecule has 6 nitrogen and oxygen atoms in total. The zero-order valence-corrected chi connectivity index (χ0v) is 17.3. The Balaban J connectivity index is 1.78. The van der Waals surface area contributed by atoms with Crippen molar-refractivity contribution in [1.82, 2.24) is 20.4 Å². The van der Waals surface area contributed by atoms with Gasteiger partial charge >= 0.3 is 0 Å². The molecule has 2 N–H and O–H groups in total. The van der Waals surface area contributed by atoms with Crippen LogP contribution in [0.1, 0.15) is 50.4 Å². The lowest BCUT2D eigenvalue weighted by atomic mass is 9.83. The summed E-state index contributed by atoms with van der Waals surface area (Å²) >= 11 is 0. The Morgan fingerprint density at radius 2 is 2.08 bits per heavy atom. The number of guanidine groups is 1. The lowest BCUT2D eigenvalue weighted by Gasteiger charge is -2.30. The third-order valence-electron chi connectivity index (χ3n) is 5.56. The molecule has 2 rings (SSSR count). The van der Waals surface area contributed by atoms with Gasteiger partial charge in [-0.3, -0.25) is 9.67 Å². The Bertz CT molecular complexity index is 575. The van der Waals surface area contributed by atoms with Crippen molar-refractivity contribution in [3.63, 3.8) is 0 Å². The Kier molecular flexibility index (Phi) is 7.94. The quantitative estimate of drug-likeness (QED) is 0.523. The topological polar surface area (TPSA) is 63.5 Å². The van der Waals surface area contributed by atoms with Crippen LogP contribution in [-0.4, -0.2) is 49.6 Å². The van der Waals surface area contributed by atoms with Gasteiger partial charge in [-0.05, 0) is 50.5 Å². The van der Waals surface area contributed by atoms with E-state index in [1.54, 1.807) is 7.11 Å². The molecule has 0 amide bonds. The number of hydrogen-bond acceptors (Lipinski definition) is 3. The highest BCUT2D eigenvalue weighted by atomic mass is 16.5. The van der Waals surface area contributed by atoms with E-state index >= 15 is 0 Å². The Labute approximate surface area is 158 Å². The fourth-order valence-corrected chi connectivity index (χ4v) is 3.94. The van der Waals surface area contributed by atoms with Crippen molar-refractivity contribution >= 4 is 5.96 Å². The van der Waals surface area contributed by atoms with Crippen molar-refractivity contribution in [2.45, 2.75) is 59.4 Å². The first-order valence-electron chi connectivity index (χ1n) is 9.92. The zero-order valence-electron chi connectivity index (χ0n) is 17.3. The molecule has 0 aromatic carbocycles. The second-order valence-electron chi connectivity index (χ2n) is 7.97. The van der Waals surface area contributed by atoms with Crippen LogP contribution in [0.4, 0.5) is 0 Å². The second kappa shape index (κ2) is 9.95. The van der Waals surface area contributed by atoms with Gasteiger partial charge in [0.15, 0.2) is 5.96 Å². The molecule has 0 bridgehead atoms. The summed E-state index contributed by atoms with van der Waals surface area (Å²) < 4.78 is 7.42. The number of aryl methyl sites for hydroxylation is 2. The van der Waals surface area contributed by atoms with E-state index in [9.17, 15) is 0 Å². The van der Waals surface area contributed by atoms with Crippen molar-refractivity contribution in [3.05, 3.63) is 17.5 Å². The minimum absolute atomic E-state index is 0.364. The minimum atomic E-state index is 0.364. The standard InChI is InChI=1S/C20H37N5O/c1-16(14-25-18(3)12-17(2)24-25)13-22-19(21-4)23-15-20(10-11-26-5)8-6-7-9-20/h12,16H,6-11,13-15H2,1-5H3,(H2,21,22,23). The van der Waals surface area contributed by atoms with Crippen LogP contribution >= 0.6 is 0 Å². The Morgan fingerprint density at radius 1 is 1.35 bits per heavy atom. The van der Waals surface area contributed by atoms with E-state index in [0.29, 0.717) is 11.3 Å². The van der Waals surface area contributed by atoms with E-state index in [2.05, 4.69) is 45.3 Å². The van der Waals surface area contributed by atoms with Gasteiger partial charge in [-0.15, -0.1) is 0 Å². The molecule has 1 saturated carbocycles. The number of rotatable bonds is 9. The van der Waals surface area contributed by atoms with Gasteiger partial charge in [-0.25, -0.2) is 0 Å². The molecule has 1 heterocycles. The number of hydrogen-bond donors (Lipinski definition) is 2. The molecular formula is C20H37N5O. The van der Waals surface area contributed by atoms with Crippen molar-refractivity contribution in [1.29, 1.82) is 0 Å². The van der Waals surface area contributed by atoms with Gasteiger partial charge < -0.3 is 15.4 Å². The first-order chi connectivity index (χ1) is 12.5. The predicted octanol–water partition coefficient (Wildman–Crippen LogP) is 2.90. The fourth-order valence-electron chi connectivity index (χ4n) is 3.94. The maximum absolute atomic E-state index is 5.33. The second-order valence-corrected chi connectivity index (χ2v) is 7.97. The monoisotopic (exact) mass is 363 g/mol. The lowest BCUT2D eigenvalue weighted by molar-refractivity contribution is 0.138. The summed E-state index contributed by atoms with van der Waals surface area (Å²) in [6.07, 6.45) is 6.36. The smallest absolute Gasteiger partial charge is 0.191 e. The van der Waals surface area contributed by atoms with Crippen LogP contribution < -0.4 is 10.6 Å². The van der Waals surface area contributed by atoms with Crippen LogP contribution in [0.15, 0.2) is 11.1 Å². The maximum Gasteiger partial charge on any atom is 0.191 e. The largest absolute Gasteiger partial charge is 0.385 e. The van der Waals surface area contributed by atoms with Crippen LogP contribution in [-0.2, 0) is 11.3 Å². The molecule has 26 heavy (non-hydrogen) atoms. The Morgan fingerprint density at radius 3 is 2.65 bits per heavy atom. The molecule has 6 heteroatoms. The van der Waals surface area contributed by atoms with E-state index < -0.39 is 0 Å². The maximum atomic E-state index is 5.33. The highest BCUT2D eigenvalue weighted by Gasteiger charge is 2.33. The van der Waals surface area contributed by atoms with Gasteiger partial charge in [0, 0.05) is 46.1 Å². The summed E-state index contributed by atoms with van der Waals surface area (Å²) in [4.78, 5) is 4.40. The average Bonchev–Trinajstić information content (AvgIpc) is 3.20. The van der Waals surface area contributed by atoms with Gasteiger partial charge in [0.25, 0.3) is 0 Å². The van der Waals surface area contributed by atoms with E-state index in [1.807, 2.05) is 14.0 Å². The van der Waals surface area contributed by atoms with E-state index in [4.69, 9.17) is 4.74 Å². The molecule has 0 saturated heterocycles. The summed E-state index contributed by atoms with van der Waals surface area (Å²) in [6, 6.07) is 2.13. The average molecular weight is 364 g/mol. The molecule has 1 atom stereocenters. The van der Waals surface area contributed by atoms with Gasteiger partial charge in [-0.1, -0.05) is 19.8 Å². The third kappa shape index (κ3) is 6.01.